The van der Waals surface area contributed by atoms with Crippen LogP contribution in [0.2, 0.25) is 0 Å². The topological polar surface area (TPSA) is 343 Å². The third-order valence-electron chi connectivity index (χ3n) is 11.1. The minimum absolute atomic E-state index is 0.00759. The van der Waals surface area contributed by atoms with Crippen LogP contribution in [0.3, 0.4) is 0 Å². The van der Waals surface area contributed by atoms with Crippen LogP contribution >= 0.6 is 0 Å². The molecular weight excluding hydrogens is 868 g/mol. The maximum Gasteiger partial charge on any atom is 0.330 e. The van der Waals surface area contributed by atoms with E-state index in [-0.39, 0.29) is 34.4 Å². The van der Waals surface area contributed by atoms with Gasteiger partial charge >= 0.3 is 5.97 Å². The van der Waals surface area contributed by atoms with E-state index in [0.717, 1.165) is 12.2 Å². The third kappa shape index (κ3) is 10.5. The predicted octanol–water partition coefficient (Wildman–Crippen LogP) is -2.54. The summed E-state index contributed by atoms with van der Waals surface area (Å²) < 4.78 is 52.5. The van der Waals surface area contributed by atoms with Crippen molar-refractivity contribution in [2.24, 2.45) is 0 Å². The van der Waals surface area contributed by atoms with E-state index in [1.165, 1.54) is 49.6 Å². The zero-order chi connectivity index (χ0) is 46.7. The Labute approximate surface area is 369 Å². The minimum Gasteiger partial charge on any atom is -0.508 e. The van der Waals surface area contributed by atoms with Gasteiger partial charge in [0.15, 0.2) is 23.9 Å². The molecule has 0 radical (unpaired) electrons. The number of benzene rings is 2. The molecule has 0 unspecified atom stereocenters. The monoisotopic (exact) mass is 918 g/mol. The molecule has 0 aromatic heterocycles. The maximum absolute atomic E-state index is 12.8. The number of hydrogen-bond donors (Lipinski definition) is 12. The van der Waals surface area contributed by atoms with Gasteiger partial charge in [0.05, 0.1) is 20.3 Å². The van der Waals surface area contributed by atoms with E-state index in [9.17, 15) is 66.1 Å². The molecular formula is C43H50O22. The van der Waals surface area contributed by atoms with Crippen molar-refractivity contribution in [3.63, 3.8) is 0 Å². The van der Waals surface area contributed by atoms with Gasteiger partial charge in [0.25, 0.3) is 0 Å². The average molecular weight is 919 g/mol. The van der Waals surface area contributed by atoms with E-state index in [0.29, 0.717) is 16.9 Å². The number of allylic oxidation sites excluding steroid dienone is 2. The summed E-state index contributed by atoms with van der Waals surface area (Å²) in [6, 6.07) is 12.2. The summed E-state index contributed by atoms with van der Waals surface area (Å²) in [6.45, 7) is -2.28. The van der Waals surface area contributed by atoms with Crippen molar-refractivity contribution >= 4 is 17.8 Å². The number of phenolic OH excluding ortho intramolecular Hbond substituents is 1. The van der Waals surface area contributed by atoms with Crippen LogP contribution in [0.1, 0.15) is 11.1 Å². The highest BCUT2D eigenvalue weighted by Gasteiger charge is 2.52. The largest absolute Gasteiger partial charge is 0.508 e. The van der Waals surface area contributed by atoms with E-state index < -0.39 is 124 Å². The van der Waals surface area contributed by atoms with Crippen molar-refractivity contribution in [3.05, 3.63) is 107 Å². The first-order valence-electron chi connectivity index (χ1n) is 20.3. The molecule has 65 heavy (non-hydrogen) atoms. The van der Waals surface area contributed by atoms with Crippen LogP contribution < -0.4 is 4.74 Å². The van der Waals surface area contributed by atoms with Crippen LogP contribution in [-0.4, -0.2) is 192 Å². The number of ether oxygens (including phenoxy) is 9. The number of rotatable bonds is 14. The Morgan fingerprint density at radius 2 is 1.28 bits per heavy atom. The maximum atomic E-state index is 12.8. The number of hydrogen-bond acceptors (Lipinski definition) is 22. The molecule has 16 atom stereocenters. The summed E-state index contributed by atoms with van der Waals surface area (Å²) in [6.07, 6.45) is -21.6. The summed E-state index contributed by atoms with van der Waals surface area (Å²) in [4.78, 5) is 12.8. The molecule has 0 saturated carbocycles. The van der Waals surface area contributed by atoms with E-state index >= 15 is 0 Å². The number of aliphatic hydroxyl groups excluding tert-OH is 11. The number of aliphatic hydroxyl groups is 11. The SMILES string of the molecule is COc1ccc(C2=C(O[C@@H]3O[C@H](COC(=O)C=Cc4ccc(O)cc4)[C@@H](O)[C@H](O)[C@H]3O[C@@H]3O[C@H](CO)[C@@H](O)[C@H](O)[C@H]3O)C=C3C(O[C@@H]4O[C@H](CO)[C@@H](O)[C@H](O)[C@H]4O)=CC(O)=C[C@H]3O2)cc1. The van der Waals surface area contributed by atoms with Crippen LogP contribution in [0.25, 0.3) is 11.8 Å². The molecule has 4 heterocycles. The van der Waals surface area contributed by atoms with Gasteiger partial charge in [0, 0.05) is 29.4 Å². The normalized spacial score (nSPS) is 36.1. The Morgan fingerprint density at radius 3 is 1.91 bits per heavy atom. The fourth-order valence-corrected chi connectivity index (χ4v) is 7.43. The molecule has 5 aliphatic rings. The fraction of sp³-hybridized carbons (Fsp3) is 0.465. The van der Waals surface area contributed by atoms with Gasteiger partial charge in [-0.1, -0.05) is 12.1 Å². The molecule has 2 aromatic rings. The van der Waals surface area contributed by atoms with Gasteiger partial charge in [-0.2, -0.15) is 0 Å². The molecule has 12 N–H and O–H groups in total. The molecule has 0 spiro atoms. The number of methoxy groups -OCH3 is 1. The van der Waals surface area contributed by atoms with Crippen molar-refractivity contribution in [2.75, 3.05) is 26.9 Å². The number of carbonyl (C=O) groups is 1. The highest BCUT2D eigenvalue weighted by Crippen LogP contribution is 2.41. The number of carbonyl (C=O) groups excluding carboxylic acids is 1. The molecule has 4 aliphatic heterocycles. The first kappa shape index (κ1) is 47.8. The summed E-state index contributed by atoms with van der Waals surface area (Å²) >= 11 is 0. The smallest absolute Gasteiger partial charge is 0.330 e. The highest BCUT2D eigenvalue weighted by molar-refractivity contribution is 5.87. The second-order valence-electron chi connectivity index (χ2n) is 15.5. The number of esters is 1. The zero-order valence-corrected chi connectivity index (χ0v) is 34.3. The summed E-state index contributed by atoms with van der Waals surface area (Å²) in [5.74, 6) is -1.29. The molecule has 0 amide bonds. The Balaban J connectivity index is 1.23. The van der Waals surface area contributed by atoms with Crippen molar-refractivity contribution in [1.29, 1.82) is 0 Å². The first-order valence-corrected chi connectivity index (χ1v) is 20.3. The van der Waals surface area contributed by atoms with E-state index in [2.05, 4.69) is 0 Å². The molecule has 354 valence electrons. The lowest BCUT2D eigenvalue weighted by molar-refractivity contribution is -0.363. The Kier molecular flexibility index (Phi) is 15.1. The molecule has 3 fully saturated rings. The Bertz CT molecular complexity index is 2120. The van der Waals surface area contributed by atoms with E-state index in [4.69, 9.17) is 42.6 Å². The summed E-state index contributed by atoms with van der Waals surface area (Å²) in [5.41, 5.74) is 0.961. The van der Waals surface area contributed by atoms with Gasteiger partial charge in [0.1, 0.15) is 103 Å². The van der Waals surface area contributed by atoms with Crippen molar-refractivity contribution in [3.8, 4) is 11.5 Å². The Hall–Kier alpha value is -5.15. The molecule has 0 bridgehead atoms. The van der Waals surface area contributed by atoms with Gasteiger partial charge in [-0.25, -0.2) is 4.79 Å². The summed E-state index contributed by atoms with van der Waals surface area (Å²) in [7, 11) is 1.45. The van der Waals surface area contributed by atoms with Crippen molar-refractivity contribution < 1.29 is 109 Å². The van der Waals surface area contributed by atoms with Crippen LogP contribution in [0.15, 0.2) is 95.7 Å². The molecule has 1 aliphatic carbocycles. The van der Waals surface area contributed by atoms with Crippen molar-refractivity contribution in [1.82, 2.24) is 0 Å². The second-order valence-corrected chi connectivity index (χ2v) is 15.5. The number of fused-ring (bicyclic) bond motifs is 1. The van der Waals surface area contributed by atoms with Crippen molar-refractivity contribution in [2.45, 2.75) is 98.2 Å². The molecule has 22 nitrogen and oxygen atoms in total. The summed E-state index contributed by atoms with van der Waals surface area (Å²) in [5, 5.41) is 126. The highest BCUT2D eigenvalue weighted by atomic mass is 16.8. The van der Waals surface area contributed by atoms with E-state index in [1.807, 2.05) is 0 Å². The quantitative estimate of drug-likeness (QED) is 0.0686. The number of phenols is 1. The standard InChI is InChI=1S/C43H50O22/c1-57-22-9-5-19(6-10-22)39-26(14-23-24(59-39)12-21(47)13-25(23)60-41-37(55)34(52)31(49)27(15-44)62-41)61-43-40(65-42-38(56)35(53)32(50)28(16-45)63-42)36(54)33(51)29(64-43)17-58-30(48)11-4-18-2-7-20(46)8-3-18/h2-14,24,27-29,31-38,40-47,49-56H,15-17H2,1H3/t24-,27-,28-,29-,31-,32-,33-,34+,35+,36+,37-,38-,40-,41-,42+,43-/m1/s1. The van der Waals surface area contributed by atoms with Crippen LogP contribution in [-0.2, 0) is 42.7 Å². The second kappa shape index (κ2) is 20.6. The average Bonchev–Trinajstić information content (AvgIpc) is 3.30. The predicted molar refractivity (Wildman–Crippen MR) is 215 cm³/mol. The van der Waals surface area contributed by atoms with Crippen LogP contribution in [0.5, 0.6) is 11.5 Å². The lowest BCUT2D eigenvalue weighted by atomic mass is 9.96. The van der Waals surface area contributed by atoms with Crippen LogP contribution in [0.4, 0.5) is 0 Å². The van der Waals surface area contributed by atoms with Crippen LogP contribution in [0, 0.1) is 0 Å². The zero-order valence-electron chi connectivity index (χ0n) is 34.3. The fourth-order valence-electron chi connectivity index (χ4n) is 7.43. The number of aromatic hydroxyl groups is 1. The Morgan fingerprint density at radius 1 is 0.677 bits per heavy atom. The molecule has 3 saturated heterocycles. The van der Waals surface area contributed by atoms with Gasteiger partial charge in [-0.05, 0) is 54.1 Å². The lowest BCUT2D eigenvalue weighted by Gasteiger charge is -2.46. The lowest BCUT2D eigenvalue weighted by Crippen LogP contribution is -2.64. The van der Waals surface area contributed by atoms with Gasteiger partial charge in [0.2, 0.25) is 12.6 Å². The molecule has 7 rings (SSSR count). The van der Waals surface area contributed by atoms with Gasteiger partial charge < -0.3 is 104 Å². The minimum atomic E-state index is -2.01. The third-order valence-corrected chi connectivity index (χ3v) is 11.1. The van der Waals surface area contributed by atoms with Gasteiger partial charge in [-0.3, -0.25) is 0 Å². The first-order chi connectivity index (χ1) is 31.1. The van der Waals surface area contributed by atoms with E-state index in [1.54, 1.807) is 24.3 Å². The molecule has 2 aromatic carbocycles. The molecule has 22 heteroatoms. The van der Waals surface area contributed by atoms with Gasteiger partial charge in [-0.15, -0.1) is 0 Å².